The van der Waals surface area contributed by atoms with Crippen molar-refractivity contribution in [3.8, 4) is 17.2 Å². The second kappa shape index (κ2) is 9.86. The van der Waals surface area contributed by atoms with Gasteiger partial charge in [0.1, 0.15) is 29.9 Å². The number of hydrogen-bond acceptors (Lipinski definition) is 6. The molecule has 0 amide bonds. The van der Waals surface area contributed by atoms with Crippen LogP contribution in [-0.4, -0.2) is 46.8 Å². The molecule has 4 rings (SSSR count). The molecule has 0 aliphatic carbocycles. The van der Waals surface area contributed by atoms with Gasteiger partial charge in [-0.25, -0.2) is 4.98 Å². The maximum atomic E-state index is 12.8. The number of morpholine rings is 1. The number of alkyl halides is 3. The summed E-state index contributed by atoms with van der Waals surface area (Å²) in [6.45, 7) is 3.41. The first-order valence-corrected chi connectivity index (χ1v) is 10.6. The largest absolute Gasteiger partial charge is 0.487 e. The van der Waals surface area contributed by atoms with Crippen LogP contribution in [0.5, 0.6) is 5.75 Å². The van der Waals surface area contributed by atoms with Gasteiger partial charge in [-0.2, -0.15) is 13.2 Å². The quantitative estimate of drug-likeness (QED) is 0.536. The molecule has 2 aromatic carbocycles. The lowest BCUT2D eigenvalue weighted by atomic mass is 10.1. The van der Waals surface area contributed by atoms with Crippen LogP contribution in [0.15, 0.2) is 52.9 Å². The number of aromatic nitrogens is 1. The van der Waals surface area contributed by atoms with Gasteiger partial charge in [-0.3, -0.25) is 9.69 Å². The Morgan fingerprint density at radius 2 is 2.00 bits per heavy atom. The highest BCUT2D eigenvalue weighted by atomic mass is 19.4. The Balaban J connectivity index is 1.41. The summed E-state index contributed by atoms with van der Waals surface area (Å²) in [7, 11) is 0. The van der Waals surface area contributed by atoms with Crippen LogP contribution < -0.4 is 4.74 Å². The van der Waals surface area contributed by atoms with Gasteiger partial charge in [0.05, 0.1) is 18.8 Å². The predicted molar refractivity (Wildman–Crippen MR) is 115 cm³/mol. The van der Waals surface area contributed by atoms with E-state index in [1.54, 1.807) is 13.0 Å². The molecule has 0 radical (unpaired) electrons. The summed E-state index contributed by atoms with van der Waals surface area (Å²) in [4.78, 5) is 17.7. The highest BCUT2D eigenvalue weighted by Crippen LogP contribution is 2.31. The third kappa shape index (κ3) is 5.57. The number of carbonyl (C=O) groups is 1. The number of ether oxygens (including phenoxy) is 2. The van der Waals surface area contributed by atoms with Crippen molar-refractivity contribution in [2.24, 2.45) is 0 Å². The van der Waals surface area contributed by atoms with Crippen molar-refractivity contribution in [2.45, 2.75) is 32.3 Å². The number of aliphatic carboxylic acids is 1. The Kier molecular flexibility index (Phi) is 6.90. The van der Waals surface area contributed by atoms with E-state index in [1.807, 2.05) is 23.1 Å². The molecule has 34 heavy (non-hydrogen) atoms. The monoisotopic (exact) mass is 476 g/mol. The number of aryl methyl sites for hydroxylation is 1. The van der Waals surface area contributed by atoms with E-state index >= 15 is 0 Å². The molecule has 2 heterocycles. The number of rotatable bonds is 7. The molecule has 1 aliphatic heterocycles. The molecule has 0 spiro atoms. The summed E-state index contributed by atoms with van der Waals surface area (Å²) in [6.07, 6.45) is -4.41. The van der Waals surface area contributed by atoms with E-state index in [0.717, 1.165) is 17.7 Å². The summed E-state index contributed by atoms with van der Waals surface area (Å²) in [5.74, 6) is 0.378. The Hall–Kier alpha value is -3.37. The zero-order valence-electron chi connectivity index (χ0n) is 18.3. The topological polar surface area (TPSA) is 85.0 Å². The third-order valence-electron chi connectivity index (χ3n) is 5.54. The van der Waals surface area contributed by atoms with Gasteiger partial charge in [0.2, 0.25) is 5.89 Å². The molecule has 1 N–H and O–H groups in total. The van der Waals surface area contributed by atoms with Gasteiger partial charge in [-0.1, -0.05) is 12.1 Å². The molecule has 1 aliphatic rings. The van der Waals surface area contributed by atoms with E-state index in [9.17, 15) is 23.1 Å². The fourth-order valence-electron chi connectivity index (χ4n) is 3.66. The van der Waals surface area contributed by atoms with E-state index < -0.39 is 23.8 Å². The predicted octanol–water partition coefficient (Wildman–Crippen LogP) is 4.53. The van der Waals surface area contributed by atoms with Crippen LogP contribution >= 0.6 is 0 Å². The summed E-state index contributed by atoms with van der Waals surface area (Å²) in [6, 6.07) is 11.2. The van der Waals surface area contributed by atoms with E-state index in [-0.39, 0.29) is 19.1 Å². The first-order valence-electron chi connectivity index (χ1n) is 10.6. The molecule has 7 nitrogen and oxygen atoms in total. The number of carboxylic acid groups (broad SMARTS) is 1. The van der Waals surface area contributed by atoms with E-state index in [2.05, 4.69) is 4.98 Å². The molecule has 1 saturated heterocycles. The van der Waals surface area contributed by atoms with Crippen molar-refractivity contribution in [2.75, 3.05) is 19.8 Å². The van der Waals surface area contributed by atoms with Crippen molar-refractivity contribution >= 4 is 5.97 Å². The lowest BCUT2D eigenvalue weighted by Gasteiger charge is -2.32. The van der Waals surface area contributed by atoms with Crippen molar-refractivity contribution in [1.82, 2.24) is 9.88 Å². The lowest BCUT2D eigenvalue weighted by molar-refractivity contribution is -0.150. The van der Waals surface area contributed by atoms with E-state index in [1.165, 1.54) is 12.1 Å². The van der Waals surface area contributed by atoms with Crippen LogP contribution in [0.2, 0.25) is 0 Å². The van der Waals surface area contributed by atoms with Crippen molar-refractivity contribution < 1.29 is 37.0 Å². The normalized spacial score (nSPS) is 17.0. The zero-order valence-corrected chi connectivity index (χ0v) is 18.3. The van der Waals surface area contributed by atoms with Crippen LogP contribution in [0, 0.1) is 6.92 Å². The second-order valence-corrected chi connectivity index (χ2v) is 7.93. The van der Waals surface area contributed by atoms with Crippen LogP contribution in [0.1, 0.15) is 22.6 Å². The Morgan fingerprint density at radius 3 is 2.71 bits per heavy atom. The Labute approximate surface area is 193 Å². The van der Waals surface area contributed by atoms with Crippen LogP contribution in [0.25, 0.3) is 11.5 Å². The minimum atomic E-state index is -4.41. The lowest BCUT2D eigenvalue weighted by Crippen LogP contribution is -2.49. The molecule has 1 atom stereocenters. The average Bonchev–Trinajstić information content (AvgIpc) is 3.18. The summed E-state index contributed by atoms with van der Waals surface area (Å²) in [5, 5.41) is 9.40. The minimum absolute atomic E-state index is 0.106. The number of benzene rings is 2. The summed E-state index contributed by atoms with van der Waals surface area (Å²) < 4.78 is 55.1. The minimum Gasteiger partial charge on any atom is -0.487 e. The maximum Gasteiger partial charge on any atom is 0.416 e. The molecule has 3 aromatic rings. The van der Waals surface area contributed by atoms with Gasteiger partial charge < -0.3 is 19.0 Å². The number of halogens is 3. The van der Waals surface area contributed by atoms with E-state index in [0.29, 0.717) is 42.5 Å². The van der Waals surface area contributed by atoms with E-state index in [4.69, 9.17) is 13.9 Å². The van der Waals surface area contributed by atoms with Gasteiger partial charge >= 0.3 is 12.1 Å². The van der Waals surface area contributed by atoms with Gasteiger partial charge in [-0.15, -0.1) is 0 Å². The highest BCUT2D eigenvalue weighted by molar-refractivity contribution is 5.73. The second-order valence-electron chi connectivity index (χ2n) is 7.93. The van der Waals surface area contributed by atoms with Crippen molar-refractivity contribution in [3.63, 3.8) is 0 Å². The number of carboxylic acids is 1. The molecular formula is C24H23F3N2O5. The smallest absolute Gasteiger partial charge is 0.416 e. The van der Waals surface area contributed by atoms with Gasteiger partial charge in [0, 0.05) is 18.7 Å². The number of oxazole rings is 1. The van der Waals surface area contributed by atoms with Gasteiger partial charge in [0.25, 0.3) is 0 Å². The fraction of sp³-hybridized carbons (Fsp3) is 0.333. The zero-order chi connectivity index (χ0) is 24.3. The molecule has 0 saturated carbocycles. The summed E-state index contributed by atoms with van der Waals surface area (Å²) in [5.41, 5.74) is 1.12. The SMILES string of the molecule is Cc1oc(-c2ccc(C(F)(F)F)cc2)nc1COc1cccc(CN2CCOC[C@H]2C(=O)O)c1. The third-order valence-corrected chi connectivity index (χ3v) is 5.54. The maximum absolute atomic E-state index is 12.8. The first-order chi connectivity index (χ1) is 16.2. The Morgan fingerprint density at radius 1 is 1.24 bits per heavy atom. The molecule has 1 fully saturated rings. The molecule has 0 unspecified atom stereocenters. The molecular weight excluding hydrogens is 453 g/mol. The standard InChI is InChI=1S/C24H23F3N2O5/c1-15-20(28-22(34-15)17-5-7-18(8-6-17)24(25,26)27)13-33-19-4-2-3-16(11-19)12-29-9-10-32-14-21(29)23(30)31/h2-8,11,21H,9-10,12-14H2,1H3,(H,30,31)/t21-/m0/s1. The molecule has 1 aromatic heterocycles. The van der Waals surface area contributed by atoms with Gasteiger partial charge in [-0.05, 0) is 48.9 Å². The van der Waals surface area contributed by atoms with Crippen LogP contribution in [0.3, 0.4) is 0 Å². The molecule has 0 bridgehead atoms. The van der Waals surface area contributed by atoms with Crippen LogP contribution in [0.4, 0.5) is 13.2 Å². The first kappa shape index (κ1) is 23.8. The van der Waals surface area contributed by atoms with Crippen LogP contribution in [-0.2, 0) is 28.9 Å². The molecule has 10 heteroatoms. The fourth-order valence-corrected chi connectivity index (χ4v) is 3.66. The summed E-state index contributed by atoms with van der Waals surface area (Å²) >= 11 is 0. The van der Waals surface area contributed by atoms with Crippen molar-refractivity contribution in [1.29, 1.82) is 0 Å². The van der Waals surface area contributed by atoms with Crippen molar-refractivity contribution in [3.05, 3.63) is 71.1 Å². The van der Waals surface area contributed by atoms with Gasteiger partial charge in [0.15, 0.2) is 0 Å². The average molecular weight is 476 g/mol. The Bertz CT molecular complexity index is 1140. The number of nitrogens with zero attached hydrogens (tertiary/aromatic N) is 2. The highest BCUT2D eigenvalue weighted by Gasteiger charge is 2.30. The molecule has 180 valence electrons. The number of hydrogen-bond donors (Lipinski definition) is 1.